The van der Waals surface area contributed by atoms with E-state index >= 15 is 0 Å². The van der Waals surface area contributed by atoms with Gasteiger partial charge in [0, 0.05) is 50.0 Å². The van der Waals surface area contributed by atoms with Crippen molar-refractivity contribution in [3.63, 3.8) is 0 Å². The number of amides is 1. The first-order valence-corrected chi connectivity index (χ1v) is 12.0. The summed E-state index contributed by atoms with van der Waals surface area (Å²) in [6.45, 7) is 3.03. The summed E-state index contributed by atoms with van der Waals surface area (Å²) < 4.78 is 2.30. The van der Waals surface area contributed by atoms with E-state index in [0.717, 1.165) is 45.3 Å². The van der Waals surface area contributed by atoms with Crippen LogP contribution in [0.5, 0.6) is 0 Å². The first-order valence-electron chi connectivity index (χ1n) is 11.6. The van der Waals surface area contributed by atoms with Gasteiger partial charge in [-0.25, -0.2) is 4.98 Å². The van der Waals surface area contributed by atoms with Crippen LogP contribution in [-0.2, 0) is 6.54 Å². The minimum atomic E-state index is -0.169. The first kappa shape index (κ1) is 21.4. The summed E-state index contributed by atoms with van der Waals surface area (Å²) in [6, 6.07) is 31.5. The molecule has 0 fully saturated rings. The van der Waals surface area contributed by atoms with Gasteiger partial charge in [-0.05, 0) is 55.5 Å². The van der Waals surface area contributed by atoms with Gasteiger partial charge in [-0.3, -0.25) is 4.79 Å². The summed E-state index contributed by atoms with van der Waals surface area (Å²) in [6.07, 6.45) is 0. The Morgan fingerprint density at radius 2 is 1.54 bits per heavy atom. The van der Waals surface area contributed by atoms with Crippen LogP contribution in [0, 0.1) is 0 Å². The van der Waals surface area contributed by atoms with E-state index in [2.05, 4.69) is 53.2 Å². The Labute approximate surface area is 207 Å². The number of anilines is 1. The monoisotopic (exact) mass is 475 g/mol. The number of hydrogen-bond acceptors (Lipinski definition) is 2. The molecule has 4 nitrogen and oxygen atoms in total. The average Bonchev–Trinajstić information content (AvgIpc) is 3.21. The van der Waals surface area contributed by atoms with Gasteiger partial charge in [0.25, 0.3) is 5.91 Å². The summed E-state index contributed by atoms with van der Waals surface area (Å²) in [7, 11) is 0. The number of nitrogens with zero attached hydrogens (tertiary/aromatic N) is 2. The molecule has 0 radical (unpaired) electrons. The van der Waals surface area contributed by atoms with Crippen LogP contribution in [0.2, 0.25) is 5.02 Å². The average molecular weight is 476 g/mol. The normalized spacial score (nSPS) is 11.4. The van der Waals surface area contributed by atoms with Crippen LogP contribution < -0.4 is 5.32 Å². The Morgan fingerprint density at radius 3 is 2.34 bits per heavy atom. The number of halogens is 1. The maximum Gasteiger partial charge on any atom is 0.256 e. The highest BCUT2D eigenvalue weighted by Gasteiger charge is 2.16. The van der Waals surface area contributed by atoms with Gasteiger partial charge in [0.1, 0.15) is 0 Å². The fourth-order valence-electron chi connectivity index (χ4n) is 4.80. The highest BCUT2D eigenvalue weighted by molar-refractivity contribution is 6.30. The summed E-state index contributed by atoms with van der Waals surface area (Å²) >= 11 is 6.07. The highest BCUT2D eigenvalue weighted by atomic mass is 35.5. The van der Waals surface area contributed by atoms with Gasteiger partial charge in [0.05, 0.1) is 16.8 Å². The lowest BCUT2D eigenvalue weighted by molar-refractivity contribution is 0.102. The van der Waals surface area contributed by atoms with E-state index in [1.807, 2.05) is 60.7 Å². The summed E-state index contributed by atoms with van der Waals surface area (Å²) in [5, 5.41) is 6.90. The number of para-hydroxylation sites is 2. The molecule has 0 saturated carbocycles. The van der Waals surface area contributed by atoms with E-state index in [0.29, 0.717) is 10.6 Å². The third-order valence-electron chi connectivity index (χ3n) is 6.45. The molecule has 0 aliphatic rings. The first-order chi connectivity index (χ1) is 17.1. The molecule has 6 aromatic rings. The van der Waals surface area contributed by atoms with Crippen molar-refractivity contribution in [3.8, 4) is 11.3 Å². The lowest BCUT2D eigenvalue weighted by Crippen LogP contribution is -2.13. The zero-order valence-electron chi connectivity index (χ0n) is 19.1. The quantitative estimate of drug-likeness (QED) is 0.281. The van der Waals surface area contributed by atoms with E-state index in [1.165, 1.54) is 10.9 Å². The maximum absolute atomic E-state index is 13.6. The van der Waals surface area contributed by atoms with E-state index < -0.39 is 0 Å². The number of carbonyl (C=O) groups excluding carboxylic acids is 1. The number of benzene rings is 4. The van der Waals surface area contributed by atoms with Crippen LogP contribution in [-0.4, -0.2) is 15.5 Å². The van der Waals surface area contributed by atoms with Crippen molar-refractivity contribution in [1.29, 1.82) is 0 Å². The third-order valence-corrected chi connectivity index (χ3v) is 6.70. The minimum absolute atomic E-state index is 0.169. The molecule has 4 aromatic carbocycles. The highest BCUT2D eigenvalue weighted by Crippen LogP contribution is 2.32. The van der Waals surface area contributed by atoms with Crippen molar-refractivity contribution >= 4 is 55.9 Å². The molecule has 35 heavy (non-hydrogen) atoms. The van der Waals surface area contributed by atoms with Crippen LogP contribution in [0.25, 0.3) is 44.0 Å². The molecule has 6 rings (SSSR count). The van der Waals surface area contributed by atoms with Gasteiger partial charge in [0.15, 0.2) is 0 Å². The summed E-state index contributed by atoms with van der Waals surface area (Å²) in [5.41, 5.74) is 6.10. The molecule has 0 aliphatic heterocycles. The molecule has 0 saturated heterocycles. The number of nitrogens with one attached hydrogen (secondary N) is 1. The fraction of sp³-hybridized carbons (Fsp3) is 0.0667. The molecule has 2 heterocycles. The molecular weight excluding hydrogens is 454 g/mol. The molecule has 0 atom stereocenters. The molecule has 0 spiro atoms. The van der Waals surface area contributed by atoms with E-state index in [4.69, 9.17) is 16.6 Å². The lowest BCUT2D eigenvalue weighted by Gasteiger charge is -2.11. The van der Waals surface area contributed by atoms with Gasteiger partial charge in [0.2, 0.25) is 0 Å². The van der Waals surface area contributed by atoms with Gasteiger partial charge < -0.3 is 9.88 Å². The number of aromatic nitrogens is 2. The number of pyridine rings is 1. The number of carbonyl (C=O) groups is 1. The molecule has 0 aliphatic carbocycles. The Morgan fingerprint density at radius 1 is 0.829 bits per heavy atom. The largest absolute Gasteiger partial charge is 0.341 e. The molecule has 2 aromatic heterocycles. The van der Waals surface area contributed by atoms with Crippen molar-refractivity contribution in [2.45, 2.75) is 13.5 Å². The second-order valence-electron chi connectivity index (χ2n) is 8.53. The third kappa shape index (κ3) is 3.72. The molecule has 0 bridgehead atoms. The van der Waals surface area contributed by atoms with Crippen molar-refractivity contribution in [1.82, 2.24) is 9.55 Å². The Bertz CT molecular complexity index is 1730. The molecule has 5 heteroatoms. The molecule has 170 valence electrons. The van der Waals surface area contributed by atoms with Gasteiger partial charge in [-0.15, -0.1) is 0 Å². The molecule has 1 N–H and O–H groups in total. The molecule has 0 unspecified atom stereocenters. The van der Waals surface area contributed by atoms with Gasteiger partial charge >= 0.3 is 0 Å². The molecular formula is C30H22ClN3O. The second-order valence-corrected chi connectivity index (χ2v) is 8.96. The maximum atomic E-state index is 13.6. The van der Waals surface area contributed by atoms with E-state index in [1.54, 1.807) is 0 Å². The van der Waals surface area contributed by atoms with Gasteiger partial charge in [-0.1, -0.05) is 60.1 Å². The van der Waals surface area contributed by atoms with E-state index in [9.17, 15) is 4.79 Å². The topological polar surface area (TPSA) is 46.9 Å². The van der Waals surface area contributed by atoms with Crippen molar-refractivity contribution in [3.05, 3.63) is 108 Å². The van der Waals surface area contributed by atoms with Crippen molar-refractivity contribution < 1.29 is 4.79 Å². The summed E-state index contributed by atoms with van der Waals surface area (Å²) in [5.74, 6) is -0.169. The SMILES string of the molecule is CCn1c2ccccc2c2cc(NC(=O)c3cc(-c4ccc(Cl)cc4)nc4ccccc34)ccc21. The van der Waals surface area contributed by atoms with Crippen molar-refractivity contribution in [2.24, 2.45) is 0 Å². The van der Waals surface area contributed by atoms with Gasteiger partial charge in [-0.2, -0.15) is 0 Å². The Balaban J connectivity index is 1.43. The van der Waals surface area contributed by atoms with Crippen molar-refractivity contribution in [2.75, 3.05) is 5.32 Å². The van der Waals surface area contributed by atoms with Crippen LogP contribution >= 0.6 is 11.6 Å². The van der Waals surface area contributed by atoms with Crippen LogP contribution in [0.3, 0.4) is 0 Å². The Hall–Kier alpha value is -4.15. The number of hydrogen-bond donors (Lipinski definition) is 1. The van der Waals surface area contributed by atoms with Crippen LogP contribution in [0.1, 0.15) is 17.3 Å². The fourth-order valence-corrected chi connectivity index (χ4v) is 4.93. The molecule has 1 amide bonds. The summed E-state index contributed by atoms with van der Waals surface area (Å²) in [4.78, 5) is 18.3. The predicted molar refractivity (Wildman–Crippen MR) is 145 cm³/mol. The minimum Gasteiger partial charge on any atom is -0.341 e. The number of fused-ring (bicyclic) bond motifs is 4. The zero-order valence-corrected chi connectivity index (χ0v) is 19.9. The zero-order chi connectivity index (χ0) is 23.9. The number of aryl methyl sites for hydroxylation is 1. The van der Waals surface area contributed by atoms with E-state index in [-0.39, 0.29) is 5.91 Å². The van der Waals surface area contributed by atoms with Crippen LogP contribution in [0.4, 0.5) is 5.69 Å². The smallest absolute Gasteiger partial charge is 0.256 e. The second kappa shape index (κ2) is 8.57. The Kier molecular flexibility index (Phi) is 5.24. The predicted octanol–water partition coefficient (Wildman–Crippen LogP) is 7.94. The lowest BCUT2D eigenvalue weighted by atomic mass is 10.0. The van der Waals surface area contributed by atoms with Crippen LogP contribution in [0.15, 0.2) is 97.1 Å². The standard InChI is InChI=1S/C30H22ClN3O/c1-2-34-28-10-6-4-8-23(28)24-17-21(15-16-29(24)34)32-30(35)25-18-27(19-11-13-20(31)14-12-19)33-26-9-5-3-7-22(25)26/h3-18H,2H2,1H3,(H,32,35). The number of rotatable bonds is 4.